The molecule has 4 nitrogen and oxygen atoms in total. The van der Waals surface area contributed by atoms with Gasteiger partial charge < -0.3 is 10.0 Å². The van der Waals surface area contributed by atoms with Gasteiger partial charge in [-0.1, -0.05) is 30.3 Å². The molecule has 2 aromatic carbocycles. The molecular weight excluding hydrogens is 372 g/mol. The summed E-state index contributed by atoms with van der Waals surface area (Å²) >= 11 is 0. The Kier molecular flexibility index (Phi) is 5.83. The Bertz CT molecular complexity index is 959. The lowest BCUT2D eigenvalue weighted by atomic mass is 10.0. The summed E-state index contributed by atoms with van der Waals surface area (Å²) in [6, 6.07) is 17.4. The minimum Gasteiger partial charge on any atom is -0.382 e. The monoisotopic (exact) mass is 395 g/mol. The number of para-hydroxylation sites is 1. The molecule has 1 aliphatic rings. The van der Waals surface area contributed by atoms with E-state index in [9.17, 15) is 13.9 Å². The lowest BCUT2D eigenvalue weighted by molar-refractivity contribution is 0.214. The first-order valence-electron chi connectivity index (χ1n) is 9.71. The van der Waals surface area contributed by atoms with Gasteiger partial charge in [0.25, 0.3) is 0 Å². The fraction of sp³-hybridized carbons (Fsp3) is 0.261. The molecule has 0 aliphatic carbocycles. The number of pyridine rings is 1. The molecule has 3 aromatic rings. The molecule has 1 fully saturated rings. The fourth-order valence-electron chi connectivity index (χ4n) is 3.75. The summed E-state index contributed by atoms with van der Waals surface area (Å²) in [5.41, 5.74) is 3.22. The number of benzene rings is 2. The average molecular weight is 395 g/mol. The molecule has 0 amide bonds. The number of halogens is 2. The van der Waals surface area contributed by atoms with Gasteiger partial charge in [0.15, 0.2) is 11.6 Å². The number of aliphatic hydroxyl groups excluding tert-OH is 1. The van der Waals surface area contributed by atoms with E-state index in [1.54, 1.807) is 12.3 Å². The molecule has 1 N–H and O–H groups in total. The van der Waals surface area contributed by atoms with E-state index < -0.39 is 17.7 Å². The van der Waals surface area contributed by atoms with Gasteiger partial charge in [-0.3, -0.25) is 9.88 Å². The van der Waals surface area contributed by atoms with Gasteiger partial charge in [-0.05, 0) is 35.9 Å². The second-order valence-electron chi connectivity index (χ2n) is 7.23. The first kappa shape index (κ1) is 19.5. The Hall–Kier alpha value is -2.83. The van der Waals surface area contributed by atoms with Crippen LogP contribution in [0.4, 0.5) is 14.5 Å². The summed E-state index contributed by atoms with van der Waals surface area (Å²) in [7, 11) is 0. The van der Waals surface area contributed by atoms with Crippen LogP contribution < -0.4 is 4.90 Å². The maximum Gasteiger partial charge on any atom is 0.159 e. The van der Waals surface area contributed by atoms with Gasteiger partial charge in [0.2, 0.25) is 0 Å². The number of hydrogen-bond acceptors (Lipinski definition) is 4. The van der Waals surface area contributed by atoms with E-state index in [0.717, 1.165) is 43.0 Å². The van der Waals surface area contributed by atoms with E-state index in [2.05, 4.69) is 14.8 Å². The van der Waals surface area contributed by atoms with Crippen LogP contribution in [0.5, 0.6) is 0 Å². The number of piperazine rings is 1. The largest absolute Gasteiger partial charge is 0.382 e. The van der Waals surface area contributed by atoms with Crippen LogP contribution in [0.1, 0.15) is 22.9 Å². The van der Waals surface area contributed by atoms with E-state index in [-0.39, 0.29) is 0 Å². The molecule has 0 unspecified atom stereocenters. The van der Waals surface area contributed by atoms with Crippen molar-refractivity contribution in [1.29, 1.82) is 0 Å². The zero-order chi connectivity index (χ0) is 20.2. The van der Waals surface area contributed by atoms with E-state index in [1.807, 2.05) is 42.5 Å². The first-order valence-corrected chi connectivity index (χ1v) is 9.71. The summed E-state index contributed by atoms with van der Waals surface area (Å²) in [6.07, 6.45) is 0.894. The highest BCUT2D eigenvalue weighted by Gasteiger charge is 2.23. The first-order chi connectivity index (χ1) is 14.1. The molecule has 150 valence electrons. The standard InChI is InChI=1S/C23H23F2N3O/c24-19-9-8-17(15-20(19)25)16-27-11-13-28(14-12-27)22-7-2-1-5-18(22)23(29)21-6-3-4-10-26-21/h1-10,15,23,29H,11-14,16H2/t23-/m1/s1. The van der Waals surface area contributed by atoms with Crippen LogP contribution in [-0.2, 0) is 6.54 Å². The van der Waals surface area contributed by atoms with Crippen LogP contribution in [0, 0.1) is 11.6 Å². The number of aliphatic hydroxyl groups is 1. The molecule has 0 spiro atoms. The van der Waals surface area contributed by atoms with Crippen LogP contribution in [-0.4, -0.2) is 41.2 Å². The van der Waals surface area contributed by atoms with Crippen LogP contribution in [0.15, 0.2) is 66.9 Å². The second kappa shape index (κ2) is 8.68. The van der Waals surface area contributed by atoms with Crippen molar-refractivity contribution in [2.45, 2.75) is 12.6 Å². The Balaban J connectivity index is 1.44. The molecule has 1 aromatic heterocycles. The van der Waals surface area contributed by atoms with Crippen LogP contribution >= 0.6 is 0 Å². The minimum absolute atomic E-state index is 0.587. The van der Waals surface area contributed by atoms with E-state index in [0.29, 0.717) is 12.2 Å². The number of nitrogens with zero attached hydrogens (tertiary/aromatic N) is 3. The Morgan fingerprint density at radius 3 is 2.38 bits per heavy atom. The van der Waals surface area contributed by atoms with E-state index in [4.69, 9.17) is 0 Å². The normalized spacial score (nSPS) is 16.0. The molecule has 2 heterocycles. The van der Waals surface area contributed by atoms with Crippen LogP contribution in [0.25, 0.3) is 0 Å². The van der Waals surface area contributed by atoms with E-state index in [1.165, 1.54) is 12.1 Å². The lowest BCUT2D eigenvalue weighted by Gasteiger charge is -2.37. The highest BCUT2D eigenvalue weighted by Crippen LogP contribution is 2.30. The number of hydrogen-bond donors (Lipinski definition) is 1. The second-order valence-corrected chi connectivity index (χ2v) is 7.23. The number of rotatable bonds is 5. The molecule has 0 saturated carbocycles. The summed E-state index contributed by atoms with van der Waals surface area (Å²) < 4.78 is 26.6. The molecule has 6 heteroatoms. The fourth-order valence-corrected chi connectivity index (χ4v) is 3.75. The highest BCUT2D eigenvalue weighted by molar-refractivity contribution is 5.56. The highest BCUT2D eigenvalue weighted by atomic mass is 19.2. The molecule has 1 aliphatic heterocycles. The predicted molar refractivity (Wildman–Crippen MR) is 109 cm³/mol. The Morgan fingerprint density at radius 2 is 1.66 bits per heavy atom. The topological polar surface area (TPSA) is 39.6 Å². The average Bonchev–Trinajstić information content (AvgIpc) is 2.77. The molecule has 1 saturated heterocycles. The zero-order valence-corrected chi connectivity index (χ0v) is 16.0. The van der Waals surface area contributed by atoms with Crippen molar-refractivity contribution in [3.05, 3.63) is 95.3 Å². The van der Waals surface area contributed by atoms with Crippen LogP contribution in [0.2, 0.25) is 0 Å². The smallest absolute Gasteiger partial charge is 0.159 e. The van der Waals surface area contributed by atoms with Gasteiger partial charge in [0.05, 0.1) is 5.69 Å². The minimum atomic E-state index is -0.818. The van der Waals surface area contributed by atoms with Gasteiger partial charge in [-0.15, -0.1) is 0 Å². The SMILES string of the molecule is O[C@@H](c1ccccn1)c1ccccc1N1CCN(Cc2ccc(F)c(F)c2)CC1. The van der Waals surface area contributed by atoms with E-state index >= 15 is 0 Å². The van der Waals surface area contributed by atoms with Crippen molar-refractivity contribution in [3.8, 4) is 0 Å². The van der Waals surface area contributed by atoms with Crippen molar-refractivity contribution >= 4 is 5.69 Å². The molecule has 4 rings (SSSR count). The summed E-state index contributed by atoms with van der Waals surface area (Å²) in [4.78, 5) is 8.76. The van der Waals surface area contributed by atoms with Crippen molar-refractivity contribution in [3.63, 3.8) is 0 Å². The van der Waals surface area contributed by atoms with Gasteiger partial charge in [0, 0.05) is 50.2 Å². The predicted octanol–water partition coefficient (Wildman–Crippen LogP) is 3.76. The van der Waals surface area contributed by atoms with Crippen molar-refractivity contribution in [1.82, 2.24) is 9.88 Å². The van der Waals surface area contributed by atoms with Crippen molar-refractivity contribution in [2.24, 2.45) is 0 Å². The zero-order valence-electron chi connectivity index (χ0n) is 16.0. The Morgan fingerprint density at radius 1 is 0.897 bits per heavy atom. The summed E-state index contributed by atoms with van der Waals surface area (Å²) in [5, 5.41) is 10.8. The third-order valence-electron chi connectivity index (χ3n) is 5.30. The third-order valence-corrected chi connectivity index (χ3v) is 5.30. The third kappa shape index (κ3) is 4.44. The van der Waals surface area contributed by atoms with Crippen LogP contribution in [0.3, 0.4) is 0 Å². The molecule has 1 atom stereocenters. The van der Waals surface area contributed by atoms with Gasteiger partial charge >= 0.3 is 0 Å². The Labute approximate surface area is 169 Å². The molecule has 0 radical (unpaired) electrons. The maximum absolute atomic E-state index is 13.4. The van der Waals surface area contributed by atoms with Crippen molar-refractivity contribution < 1.29 is 13.9 Å². The lowest BCUT2D eigenvalue weighted by Crippen LogP contribution is -2.46. The quantitative estimate of drug-likeness (QED) is 0.714. The maximum atomic E-state index is 13.4. The number of aromatic nitrogens is 1. The van der Waals surface area contributed by atoms with Gasteiger partial charge in [-0.25, -0.2) is 8.78 Å². The molecular formula is C23H23F2N3O. The molecule has 29 heavy (non-hydrogen) atoms. The molecule has 0 bridgehead atoms. The van der Waals surface area contributed by atoms with Crippen molar-refractivity contribution in [2.75, 3.05) is 31.1 Å². The summed E-state index contributed by atoms with van der Waals surface area (Å²) in [5.74, 6) is -1.62. The van der Waals surface area contributed by atoms with Gasteiger partial charge in [0.1, 0.15) is 6.10 Å². The summed E-state index contributed by atoms with van der Waals surface area (Å²) in [6.45, 7) is 3.76. The number of anilines is 1. The van der Waals surface area contributed by atoms with Gasteiger partial charge in [-0.2, -0.15) is 0 Å².